The Morgan fingerprint density at radius 3 is 2.24 bits per heavy atom. The van der Waals surface area contributed by atoms with Gasteiger partial charge in [-0.2, -0.15) is 0 Å². The predicted octanol–water partition coefficient (Wildman–Crippen LogP) is 3.00. The average molecular weight is 566 g/mol. The van der Waals surface area contributed by atoms with Gasteiger partial charge < -0.3 is 15.4 Å². The van der Waals surface area contributed by atoms with Crippen LogP contribution >= 0.6 is 24.0 Å². The summed E-state index contributed by atoms with van der Waals surface area (Å²) in [5, 5.41) is 6.59. The topological polar surface area (TPSA) is 83.0 Å². The third kappa shape index (κ3) is 5.70. The molecule has 180 valence electrons. The minimum Gasteiger partial charge on any atom is -0.491 e. The number of likely N-dealkylation sites (tertiary alicyclic amines) is 1. The normalized spacial score (nSPS) is 25.5. The molecule has 1 aromatic carbocycles. The lowest BCUT2D eigenvalue weighted by molar-refractivity contribution is -0.140. The first kappa shape index (κ1) is 25.5. The average Bonchev–Trinajstić information content (AvgIpc) is 3.45. The molecule has 4 rings (SSSR count). The quantitative estimate of drug-likeness (QED) is 0.120. The second-order valence-corrected chi connectivity index (χ2v) is 9.17. The molecule has 1 saturated carbocycles. The second-order valence-electron chi connectivity index (χ2n) is 9.17. The molecule has 1 heterocycles. The maximum absolute atomic E-state index is 12.7. The van der Waals surface area contributed by atoms with Gasteiger partial charge in [-0.05, 0) is 62.6 Å². The maximum Gasteiger partial charge on any atom is 0.233 e. The Labute approximate surface area is 213 Å². The molecule has 0 spiro atoms. The zero-order valence-corrected chi connectivity index (χ0v) is 22.0. The van der Waals surface area contributed by atoms with Crippen LogP contribution < -0.4 is 15.4 Å². The number of allylic oxidation sites excluding steroid dienone is 2. The number of aliphatic imine (C=N–C) groups is 1. The first-order valence-corrected chi connectivity index (χ1v) is 11.7. The predicted molar refractivity (Wildman–Crippen MR) is 140 cm³/mol. The highest BCUT2D eigenvalue weighted by Gasteiger charge is 2.58. The second kappa shape index (κ2) is 11.4. The van der Waals surface area contributed by atoms with E-state index >= 15 is 0 Å². The molecule has 0 radical (unpaired) electrons. The fraction of sp³-hybridized carbons (Fsp3) is 0.560. The highest BCUT2D eigenvalue weighted by atomic mass is 127. The van der Waals surface area contributed by atoms with Crippen molar-refractivity contribution in [2.45, 2.75) is 39.2 Å². The fourth-order valence-corrected chi connectivity index (χ4v) is 5.18. The lowest BCUT2D eigenvalue weighted by Gasteiger charge is -2.18. The van der Waals surface area contributed by atoms with E-state index in [1.165, 1.54) is 10.5 Å². The molecule has 7 nitrogen and oxygen atoms in total. The van der Waals surface area contributed by atoms with Gasteiger partial charge in [0.05, 0.1) is 17.9 Å². The van der Waals surface area contributed by atoms with Crippen LogP contribution in [0.5, 0.6) is 5.75 Å². The van der Waals surface area contributed by atoms with Crippen molar-refractivity contribution in [3.8, 4) is 5.75 Å². The standard InChI is InChI=1S/C25H34N4O3.HI/c1-16(2)32-20-9-5-17(6-10-20)11-13-28-25(26-3)27-12-4-14-29-23(30)21-18-7-8-19(15-18)22(21)24(29)31;/h5-10,16,18-19,21-22H,4,11-15H2,1-3H3,(H2,26,27,28);1H. The molecular formula is C25H35IN4O3. The number of nitrogens with zero attached hydrogens (tertiary/aromatic N) is 2. The molecule has 4 atom stereocenters. The molecule has 2 aliphatic carbocycles. The van der Waals surface area contributed by atoms with Crippen LogP contribution in [0.1, 0.15) is 32.3 Å². The van der Waals surface area contributed by atoms with Crippen LogP contribution in [0, 0.1) is 23.7 Å². The van der Waals surface area contributed by atoms with Crippen molar-refractivity contribution < 1.29 is 14.3 Å². The van der Waals surface area contributed by atoms with E-state index in [0.29, 0.717) is 19.5 Å². The molecule has 4 unspecified atom stereocenters. The Bertz CT molecular complexity index is 869. The molecular weight excluding hydrogens is 531 g/mol. The van der Waals surface area contributed by atoms with E-state index < -0.39 is 0 Å². The highest BCUT2D eigenvalue weighted by Crippen LogP contribution is 2.52. The van der Waals surface area contributed by atoms with Crippen LogP contribution in [0.2, 0.25) is 0 Å². The van der Waals surface area contributed by atoms with Gasteiger partial charge in [-0.3, -0.25) is 19.5 Å². The number of halogens is 1. The van der Waals surface area contributed by atoms with Gasteiger partial charge in [-0.25, -0.2) is 0 Å². The number of carbonyl (C=O) groups is 2. The van der Waals surface area contributed by atoms with E-state index in [1.807, 2.05) is 26.0 Å². The van der Waals surface area contributed by atoms with Crippen LogP contribution in [0.25, 0.3) is 0 Å². The van der Waals surface area contributed by atoms with Crippen molar-refractivity contribution in [2.24, 2.45) is 28.7 Å². The fourth-order valence-electron chi connectivity index (χ4n) is 5.18. The molecule has 1 saturated heterocycles. The molecule has 3 aliphatic rings. The number of benzene rings is 1. The van der Waals surface area contributed by atoms with E-state index in [1.54, 1.807) is 7.05 Å². The van der Waals surface area contributed by atoms with E-state index in [-0.39, 0.29) is 65.6 Å². The number of fused-ring (bicyclic) bond motifs is 5. The van der Waals surface area contributed by atoms with Crippen molar-refractivity contribution >= 4 is 41.8 Å². The molecule has 8 heteroatoms. The van der Waals surface area contributed by atoms with Crippen molar-refractivity contribution in [2.75, 3.05) is 26.7 Å². The first-order valence-electron chi connectivity index (χ1n) is 11.7. The smallest absolute Gasteiger partial charge is 0.233 e. The number of ether oxygens (including phenoxy) is 1. The molecule has 2 amide bonds. The SMILES string of the molecule is CN=C(NCCCN1C(=O)C2C3C=CC(C3)C2C1=O)NCCc1ccc(OC(C)C)cc1.I. The summed E-state index contributed by atoms with van der Waals surface area (Å²) >= 11 is 0. The van der Waals surface area contributed by atoms with Gasteiger partial charge >= 0.3 is 0 Å². The number of amides is 2. The van der Waals surface area contributed by atoms with E-state index in [4.69, 9.17) is 4.74 Å². The molecule has 33 heavy (non-hydrogen) atoms. The minimum atomic E-state index is -0.106. The lowest BCUT2D eigenvalue weighted by Crippen LogP contribution is -2.40. The summed E-state index contributed by atoms with van der Waals surface area (Å²) in [7, 11) is 1.74. The number of imide groups is 1. The molecule has 1 aromatic rings. The van der Waals surface area contributed by atoms with Crippen molar-refractivity contribution in [1.29, 1.82) is 0 Å². The van der Waals surface area contributed by atoms with Crippen molar-refractivity contribution in [3.63, 3.8) is 0 Å². The van der Waals surface area contributed by atoms with Gasteiger partial charge in [0, 0.05) is 26.7 Å². The molecule has 1 aliphatic heterocycles. The summed E-state index contributed by atoms with van der Waals surface area (Å²) in [6, 6.07) is 8.16. The van der Waals surface area contributed by atoms with Gasteiger partial charge in [-0.1, -0.05) is 24.3 Å². The lowest BCUT2D eigenvalue weighted by atomic mass is 9.85. The summed E-state index contributed by atoms with van der Waals surface area (Å²) in [6.07, 6.45) is 6.98. The van der Waals surface area contributed by atoms with Gasteiger partial charge in [0.15, 0.2) is 5.96 Å². The van der Waals surface area contributed by atoms with Crippen LogP contribution in [-0.4, -0.2) is 55.5 Å². The summed E-state index contributed by atoms with van der Waals surface area (Å²) in [4.78, 5) is 31.2. The van der Waals surface area contributed by atoms with Gasteiger partial charge in [-0.15, -0.1) is 24.0 Å². The molecule has 2 N–H and O–H groups in total. The number of hydrogen-bond acceptors (Lipinski definition) is 4. The van der Waals surface area contributed by atoms with Crippen molar-refractivity contribution in [3.05, 3.63) is 42.0 Å². The Morgan fingerprint density at radius 2 is 1.67 bits per heavy atom. The van der Waals surface area contributed by atoms with Gasteiger partial charge in [0.25, 0.3) is 0 Å². The number of rotatable bonds is 9. The van der Waals surface area contributed by atoms with E-state index in [9.17, 15) is 9.59 Å². The zero-order chi connectivity index (χ0) is 22.7. The third-order valence-electron chi connectivity index (χ3n) is 6.64. The van der Waals surface area contributed by atoms with Crippen LogP contribution in [0.15, 0.2) is 41.4 Å². The zero-order valence-electron chi connectivity index (χ0n) is 19.6. The summed E-state index contributed by atoms with van der Waals surface area (Å²) in [5.41, 5.74) is 1.23. The Hall–Kier alpha value is -2.10. The molecule has 2 fully saturated rings. The number of carbonyl (C=O) groups excluding carboxylic acids is 2. The van der Waals surface area contributed by atoms with Gasteiger partial charge in [0.2, 0.25) is 11.8 Å². The number of hydrogen-bond donors (Lipinski definition) is 2. The summed E-state index contributed by atoms with van der Waals surface area (Å²) in [6.45, 7) is 5.91. The third-order valence-corrected chi connectivity index (χ3v) is 6.64. The number of nitrogens with one attached hydrogen (secondary N) is 2. The Kier molecular flexibility index (Phi) is 8.78. The Balaban J connectivity index is 0.00000306. The minimum absolute atomic E-state index is 0. The summed E-state index contributed by atoms with van der Waals surface area (Å²) in [5.74, 6) is 2.00. The number of guanidine groups is 1. The van der Waals surface area contributed by atoms with E-state index in [2.05, 4.69) is 39.9 Å². The molecule has 0 aromatic heterocycles. The van der Waals surface area contributed by atoms with Crippen LogP contribution in [-0.2, 0) is 16.0 Å². The Morgan fingerprint density at radius 1 is 1.06 bits per heavy atom. The summed E-state index contributed by atoms with van der Waals surface area (Å²) < 4.78 is 5.68. The largest absolute Gasteiger partial charge is 0.491 e. The van der Waals surface area contributed by atoms with E-state index in [0.717, 1.165) is 31.1 Å². The van der Waals surface area contributed by atoms with Gasteiger partial charge in [0.1, 0.15) is 5.75 Å². The first-order chi connectivity index (χ1) is 15.5. The van der Waals surface area contributed by atoms with Crippen molar-refractivity contribution in [1.82, 2.24) is 15.5 Å². The van der Waals surface area contributed by atoms with Crippen LogP contribution in [0.3, 0.4) is 0 Å². The maximum atomic E-state index is 12.7. The molecule has 2 bridgehead atoms. The highest BCUT2D eigenvalue weighted by molar-refractivity contribution is 14.0. The van der Waals surface area contributed by atoms with Crippen LogP contribution in [0.4, 0.5) is 0 Å². The monoisotopic (exact) mass is 566 g/mol.